The van der Waals surface area contributed by atoms with E-state index < -0.39 is 11.9 Å². The largest absolute Gasteiger partial charge is 0.368 e. The van der Waals surface area contributed by atoms with Gasteiger partial charge in [0.15, 0.2) is 0 Å². The summed E-state index contributed by atoms with van der Waals surface area (Å²) in [5, 5.41) is 0. The summed E-state index contributed by atoms with van der Waals surface area (Å²) < 4.78 is 0. The van der Waals surface area contributed by atoms with Gasteiger partial charge in [-0.2, -0.15) is 0 Å². The molecule has 0 aromatic heterocycles. The van der Waals surface area contributed by atoms with Crippen molar-refractivity contribution in [2.45, 2.75) is 40.2 Å². The van der Waals surface area contributed by atoms with Crippen molar-refractivity contribution in [3.05, 3.63) is 33.9 Å². The molecule has 0 aliphatic heterocycles. The highest BCUT2D eigenvalue weighted by Crippen LogP contribution is 2.22. The predicted molar refractivity (Wildman–Crippen MR) is 66.3 cm³/mol. The molecule has 0 saturated heterocycles. The van der Waals surface area contributed by atoms with E-state index in [1.807, 2.05) is 0 Å². The van der Waals surface area contributed by atoms with Gasteiger partial charge >= 0.3 is 0 Å². The van der Waals surface area contributed by atoms with Crippen molar-refractivity contribution in [1.29, 1.82) is 0 Å². The molecule has 0 fully saturated rings. The van der Waals surface area contributed by atoms with E-state index in [2.05, 4.69) is 33.8 Å². The van der Waals surface area contributed by atoms with Crippen LogP contribution in [0.2, 0.25) is 0 Å². The zero-order valence-electron chi connectivity index (χ0n) is 10.4. The lowest BCUT2D eigenvalue weighted by atomic mass is 9.90. The molecule has 4 N–H and O–H groups in total. The van der Waals surface area contributed by atoms with E-state index in [0.717, 1.165) is 5.56 Å². The minimum atomic E-state index is -0.599. The van der Waals surface area contributed by atoms with E-state index >= 15 is 0 Å². The van der Waals surface area contributed by atoms with Crippen LogP contribution in [0.4, 0.5) is 0 Å². The summed E-state index contributed by atoms with van der Waals surface area (Å²) in [7, 11) is 0. The van der Waals surface area contributed by atoms with Gasteiger partial charge in [0.2, 0.25) is 5.91 Å². The second-order valence-corrected chi connectivity index (χ2v) is 4.45. The number of hydrogen-bond donors (Lipinski definition) is 2. The summed E-state index contributed by atoms with van der Waals surface area (Å²) in [6.07, 6.45) is 0.523. The van der Waals surface area contributed by atoms with Gasteiger partial charge < -0.3 is 11.5 Å². The predicted octanol–water partition coefficient (Wildman–Crippen LogP) is 1.28. The van der Waals surface area contributed by atoms with Crippen LogP contribution in [0.15, 0.2) is 6.07 Å². The number of rotatable bonds is 3. The first-order valence-electron chi connectivity index (χ1n) is 5.45. The van der Waals surface area contributed by atoms with Crippen molar-refractivity contribution >= 4 is 5.91 Å². The molecular weight excluding hydrogens is 200 g/mol. The van der Waals surface area contributed by atoms with E-state index in [1.54, 1.807) is 0 Å². The second-order valence-electron chi connectivity index (χ2n) is 4.45. The summed E-state index contributed by atoms with van der Waals surface area (Å²) in [5.74, 6) is -0.446. The van der Waals surface area contributed by atoms with Crippen LogP contribution in [-0.4, -0.2) is 11.9 Å². The molecule has 88 valence electrons. The molecule has 1 aromatic carbocycles. The summed E-state index contributed by atoms with van der Waals surface area (Å²) in [5.41, 5.74) is 16.9. The SMILES string of the molecule is Cc1cc(C)c(C)c(CC(N)C(N)=O)c1C. The van der Waals surface area contributed by atoms with Crippen LogP contribution in [0, 0.1) is 27.7 Å². The van der Waals surface area contributed by atoms with Crippen molar-refractivity contribution in [3.8, 4) is 0 Å². The van der Waals surface area contributed by atoms with Gasteiger partial charge in [0.25, 0.3) is 0 Å². The first kappa shape index (κ1) is 12.7. The Labute approximate surface area is 96.8 Å². The first-order valence-corrected chi connectivity index (χ1v) is 5.45. The molecule has 0 aliphatic carbocycles. The first-order chi connectivity index (χ1) is 7.34. The number of nitrogens with two attached hydrogens (primary N) is 2. The fraction of sp³-hybridized carbons (Fsp3) is 0.462. The molecule has 1 aromatic rings. The Balaban J connectivity index is 3.17. The van der Waals surface area contributed by atoms with Crippen LogP contribution in [0.25, 0.3) is 0 Å². The van der Waals surface area contributed by atoms with E-state index in [0.29, 0.717) is 6.42 Å². The number of carbonyl (C=O) groups excluding carboxylic acids is 1. The third kappa shape index (κ3) is 2.42. The van der Waals surface area contributed by atoms with Gasteiger partial charge in [-0.25, -0.2) is 0 Å². The minimum Gasteiger partial charge on any atom is -0.368 e. The number of primary amides is 1. The molecule has 1 atom stereocenters. The van der Waals surface area contributed by atoms with Crippen molar-refractivity contribution in [3.63, 3.8) is 0 Å². The topological polar surface area (TPSA) is 69.1 Å². The lowest BCUT2D eigenvalue weighted by molar-refractivity contribution is -0.119. The molecule has 0 aliphatic rings. The smallest absolute Gasteiger partial charge is 0.234 e. The zero-order chi connectivity index (χ0) is 12.5. The summed E-state index contributed by atoms with van der Waals surface area (Å²) in [6, 6.07) is 1.56. The standard InChI is InChI=1S/C13H20N2O/c1-7-5-8(2)10(4)11(9(7)3)6-12(14)13(15)16/h5,12H,6,14H2,1-4H3,(H2,15,16). The second kappa shape index (κ2) is 4.66. The van der Waals surface area contributed by atoms with Crippen LogP contribution in [0.3, 0.4) is 0 Å². The Morgan fingerprint density at radius 3 is 2.00 bits per heavy atom. The molecule has 3 nitrogen and oxygen atoms in total. The van der Waals surface area contributed by atoms with Crippen molar-refractivity contribution in [2.75, 3.05) is 0 Å². The van der Waals surface area contributed by atoms with Crippen LogP contribution < -0.4 is 11.5 Å². The molecular formula is C13H20N2O. The lowest BCUT2D eigenvalue weighted by Gasteiger charge is -2.17. The molecule has 1 unspecified atom stereocenters. The van der Waals surface area contributed by atoms with Gasteiger partial charge in [0, 0.05) is 0 Å². The minimum absolute atomic E-state index is 0.446. The average Bonchev–Trinajstić information content (AvgIpc) is 2.21. The van der Waals surface area contributed by atoms with Crippen LogP contribution >= 0.6 is 0 Å². The Kier molecular flexibility index (Phi) is 3.70. The molecule has 1 amide bonds. The van der Waals surface area contributed by atoms with Gasteiger partial charge in [-0.1, -0.05) is 6.07 Å². The third-order valence-electron chi connectivity index (χ3n) is 3.31. The normalized spacial score (nSPS) is 12.6. The number of aryl methyl sites for hydroxylation is 2. The Hall–Kier alpha value is -1.35. The van der Waals surface area contributed by atoms with Gasteiger partial charge in [0.05, 0.1) is 6.04 Å². The molecule has 0 radical (unpaired) electrons. The molecule has 16 heavy (non-hydrogen) atoms. The summed E-state index contributed by atoms with van der Waals surface area (Å²) >= 11 is 0. The molecule has 0 spiro atoms. The van der Waals surface area contributed by atoms with E-state index in [-0.39, 0.29) is 0 Å². The zero-order valence-corrected chi connectivity index (χ0v) is 10.4. The molecule has 1 rings (SSSR count). The van der Waals surface area contributed by atoms with E-state index in [1.165, 1.54) is 22.3 Å². The number of hydrogen-bond acceptors (Lipinski definition) is 2. The number of benzene rings is 1. The Morgan fingerprint density at radius 1 is 1.19 bits per heavy atom. The van der Waals surface area contributed by atoms with Crippen molar-refractivity contribution < 1.29 is 4.79 Å². The van der Waals surface area contributed by atoms with Gasteiger partial charge in [-0.05, 0) is 61.9 Å². The molecule has 0 bridgehead atoms. The third-order valence-corrected chi connectivity index (χ3v) is 3.31. The van der Waals surface area contributed by atoms with E-state index in [4.69, 9.17) is 11.5 Å². The maximum absolute atomic E-state index is 11.0. The van der Waals surface area contributed by atoms with Gasteiger partial charge in [-0.3, -0.25) is 4.79 Å². The van der Waals surface area contributed by atoms with E-state index in [9.17, 15) is 4.79 Å². The van der Waals surface area contributed by atoms with Gasteiger partial charge in [0.1, 0.15) is 0 Å². The summed E-state index contributed by atoms with van der Waals surface area (Å²) in [6.45, 7) is 8.26. The van der Waals surface area contributed by atoms with Crippen molar-refractivity contribution in [2.24, 2.45) is 11.5 Å². The monoisotopic (exact) mass is 220 g/mol. The maximum Gasteiger partial charge on any atom is 0.234 e. The number of amides is 1. The number of carbonyl (C=O) groups is 1. The Bertz CT molecular complexity index is 398. The fourth-order valence-corrected chi connectivity index (χ4v) is 1.93. The highest BCUT2D eigenvalue weighted by atomic mass is 16.1. The Morgan fingerprint density at radius 2 is 1.62 bits per heavy atom. The average molecular weight is 220 g/mol. The highest BCUT2D eigenvalue weighted by Gasteiger charge is 2.15. The highest BCUT2D eigenvalue weighted by molar-refractivity contribution is 5.80. The molecule has 0 heterocycles. The molecule has 3 heteroatoms. The maximum atomic E-state index is 11.0. The fourth-order valence-electron chi connectivity index (χ4n) is 1.93. The van der Waals surface area contributed by atoms with Crippen LogP contribution in [0.5, 0.6) is 0 Å². The molecule has 0 saturated carbocycles. The quantitative estimate of drug-likeness (QED) is 0.805. The lowest BCUT2D eigenvalue weighted by Crippen LogP contribution is -2.38. The summed E-state index contributed by atoms with van der Waals surface area (Å²) in [4.78, 5) is 11.0. The van der Waals surface area contributed by atoms with Gasteiger partial charge in [-0.15, -0.1) is 0 Å². The van der Waals surface area contributed by atoms with Crippen molar-refractivity contribution in [1.82, 2.24) is 0 Å². The van der Waals surface area contributed by atoms with Crippen LogP contribution in [0.1, 0.15) is 27.8 Å². The van der Waals surface area contributed by atoms with Crippen LogP contribution in [-0.2, 0) is 11.2 Å².